The molecule has 0 aliphatic heterocycles. The molecule has 5 heteroatoms. The standard InChI is InChI=1S/C8H11N3O2/c1-3-8(12)10-9-4-7-5-13-11-6(7)2/h4-5H,3H2,1-2H3,(H,10,12)/b9-4+. The van der Waals surface area contributed by atoms with Crippen LogP contribution in [-0.2, 0) is 4.79 Å². The minimum absolute atomic E-state index is 0.120. The average molecular weight is 181 g/mol. The third-order valence-electron chi connectivity index (χ3n) is 1.50. The van der Waals surface area contributed by atoms with Crippen molar-refractivity contribution in [2.75, 3.05) is 0 Å². The van der Waals surface area contributed by atoms with E-state index in [1.165, 1.54) is 12.5 Å². The molecule has 0 aliphatic carbocycles. The summed E-state index contributed by atoms with van der Waals surface area (Å²) < 4.78 is 4.68. The summed E-state index contributed by atoms with van der Waals surface area (Å²) in [5.41, 5.74) is 3.86. The summed E-state index contributed by atoms with van der Waals surface area (Å²) in [6.45, 7) is 3.56. The van der Waals surface area contributed by atoms with Gasteiger partial charge in [-0.2, -0.15) is 5.10 Å². The Kier molecular flexibility index (Phi) is 3.19. The van der Waals surface area contributed by atoms with Crippen LogP contribution in [0.15, 0.2) is 15.9 Å². The van der Waals surface area contributed by atoms with Crippen LogP contribution < -0.4 is 5.43 Å². The highest BCUT2D eigenvalue weighted by Crippen LogP contribution is 1.99. The van der Waals surface area contributed by atoms with E-state index >= 15 is 0 Å². The molecule has 0 saturated heterocycles. The fraction of sp³-hybridized carbons (Fsp3) is 0.375. The van der Waals surface area contributed by atoms with E-state index < -0.39 is 0 Å². The van der Waals surface area contributed by atoms with Crippen molar-refractivity contribution in [1.82, 2.24) is 10.6 Å². The number of amides is 1. The number of hydrogen-bond donors (Lipinski definition) is 1. The minimum Gasteiger partial charge on any atom is -0.364 e. The lowest BCUT2D eigenvalue weighted by Crippen LogP contribution is -2.15. The molecule has 5 nitrogen and oxygen atoms in total. The zero-order chi connectivity index (χ0) is 9.68. The summed E-state index contributed by atoms with van der Waals surface area (Å²) in [6, 6.07) is 0. The lowest BCUT2D eigenvalue weighted by Gasteiger charge is -1.92. The molecule has 1 heterocycles. The van der Waals surface area contributed by atoms with E-state index in [0.717, 1.165) is 11.3 Å². The third-order valence-corrected chi connectivity index (χ3v) is 1.50. The van der Waals surface area contributed by atoms with E-state index in [-0.39, 0.29) is 5.91 Å². The average Bonchev–Trinajstić information content (AvgIpc) is 2.52. The van der Waals surface area contributed by atoms with Gasteiger partial charge in [0.25, 0.3) is 0 Å². The van der Waals surface area contributed by atoms with Gasteiger partial charge in [-0.25, -0.2) is 5.43 Å². The number of hydrazone groups is 1. The quantitative estimate of drug-likeness (QED) is 0.555. The molecule has 13 heavy (non-hydrogen) atoms. The van der Waals surface area contributed by atoms with Gasteiger partial charge < -0.3 is 4.52 Å². The predicted octanol–water partition coefficient (Wildman–Crippen LogP) is 0.843. The molecule has 0 spiro atoms. The van der Waals surface area contributed by atoms with E-state index in [0.29, 0.717) is 6.42 Å². The summed E-state index contributed by atoms with van der Waals surface area (Å²) in [7, 11) is 0. The number of carbonyl (C=O) groups is 1. The van der Waals surface area contributed by atoms with Crippen molar-refractivity contribution in [2.24, 2.45) is 5.10 Å². The van der Waals surface area contributed by atoms with E-state index in [4.69, 9.17) is 0 Å². The number of rotatable bonds is 3. The lowest BCUT2D eigenvalue weighted by molar-refractivity contribution is -0.120. The summed E-state index contributed by atoms with van der Waals surface area (Å²) >= 11 is 0. The van der Waals surface area contributed by atoms with Crippen molar-refractivity contribution in [2.45, 2.75) is 20.3 Å². The lowest BCUT2D eigenvalue weighted by atomic mass is 10.3. The maximum atomic E-state index is 10.8. The molecule has 0 unspecified atom stereocenters. The summed E-state index contributed by atoms with van der Waals surface area (Å²) in [6.07, 6.45) is 3.39. The highest BCUT2D eigenvalue weighted by molar-refractivity contribution is 5.82. The largest absolute Gasteiger partial charge is 0.364 e. The van der Waals surface area contributed by atoms with E-state index in [9.17, 15) is 4.79 Å². The Morgan fingerprint density at radius 2 is 2.62 bits per heavy atom. The van der Waals surface area contributed by atoms with Crippen molar-refractivity contribution in [3.63, 3.8) is 0 Å². The number of aromatic nitrogens is 1. The molecule has 0 fully saturated rings. The van der Waals surface area contributed by atoms with Gasteiger partial charge in [-0.15, -0.1) is 0 Å². The van der Waals surface area contributed by atoms with Crippen molar-refractivity contribution >= 4 is 12.1 Å². The number of carbonyl (C=O) groups excluding carboxylic acids is 1. The van der Waals surface area contributed by atoms with Gasteiger partial charge in [0.1, 0.15) is 6.26 Å². The van der Waals surface area contributed by atoms with Gasteiger partial charge in [-0.3, -0.25) is 4.79 Å². The maximum absolute atomic E-state index is 10.8. The first-order valence-corrected chi connectivity index (χ1v) is 3.97. The molecule has 0 bridgehead atoms. The van der Waals surface area contributed by atoms with Crippen molar-refractivity contribution in [3.05, 3.63) is 17.5 Å². The number of aryl methyl sites for hydroxylation is 1. The minimum atomic E-state index is -0.120. The molecule has 1 amide bonds. The summed E-state index contributed by atoms with van der Waals surface area (Å²) in [5.74, 6) is -0.120. The Morgan fingerprint density at radius 3 is 3.15 bits per heavy atom. The second-order valence-corrected chi connectivity index (χ2v) is 2.50. The molecule has 0 aliphatic rings. The van der Waals surface area contributed by atoms with E-state index in [2.05, 4.69) is 20.2 Å². The highest BCUT2D eigenvalue weighted by Gasteiger charge is 1.98. The maximum Gasteiger partial charge on any atom is 0.239 e. The van der Waals surface area contributed by atoms with E-state index in [1.54, 1.807) is 13.8 Å². The fourth-order valence-corrected chi connectivity index (χ4v) is 0.677. The predicted molar refractivity (Wildman–Crippen MR) is 47.3 cm³/mol. The van der Waals surface area contributed by atoms with Gasteiger partial charge in [0.05, 0.1) is 17.5 Å². The van der Waals surface area contributed by atoms with Crippen molar-refractivity contribution in [1.29, 1.82) is 0 Å². The molecule has 0 aromatic carbocycles. The highest BCUT2D eigenvalue weighted by atomic mass is 16.5. The summed E-state index contributed by atoms with van der Waals surface area (Å²) in [4.78, 5) is 10.8. The Labute approximate surface area is 75.8 Å². The normalized spacial score (nSPS) is 10.6. The first kappa shape index (κ1) is 9.44. The van der Waals surface area contributed by atoms with Crippen molar-refractivity contribution < 1.29 is 9.32 Å². The number of hydrogen-bond acceptors (Lipinski definition) is 4. The number of nitrogens with zero attached hydrogens (tertiary/aromatic N) is 2. The zero-order valence-electron chi connectivity index (χ0n) is 7.57. The zero-order valence-corrected chi connectivity index (χ0v) is 7.57. The van der Waals surface area contributed by atoms with Crippen LogP contribution in [-0.4, -0.2) is 17.3 Å². The second kappa shape index (κ2) is 4.39. The van der Waals surface area contributed by atoms with Crippen LogP contribution in [0.2, 0.25) is 0 Å². The van der Waals surface area contributed by atoms with Gasteiger partial charge in [-0.1, -0.05) is 12.1 Å². The van der Waals surface area contributed by atoms with Gasteiger partial charge >= 0.3 is 0 Å². The van der Waals surface area contributed by atoms with Crippen LogP contribution in [0.25, 0.3) is 0 Å². The molecule has 1 aromatic rings. The molecule has 0 atom stereocenters. The van der Waals surface area contributed by atoms with Crippen LogP contribution in [0, 0.1) is 6.92 Å². The molecule has 0 radical (unpaired) electrons. The SMILES string of the molecule is CCC(=O)N/N=C/c1conc1C. The third kappa shape index (κ3) is 2.70. The van der Waals surface area contributed by atoms with E-state index in [1.807, 2.05) is 0 Å². The van der Waals surface area contributed by atoms with Gasteiger partial charge in [0.15, 0.2) is 0 Å². The van der Waals surface area contributed by atoms with Crippen LogP contribution >= 0.6 is 0 Å². The van der Waals surface area contributed by atoms with Gasteiger partial charge in [0.2, 0.25) is 5.91 Å². The number of nitrogens with one attached hydrogen (secondary N) is 1. The smallest absolute Gasteiger partial charge is 0.239 e. The Hall–Kier alpha value is -1.65. The summed E-state index contributed by atoms with van der Waals surface area (Å²) in [5, 5.41) is 7.38. The van der Waals surface area contributed by atoms with Crippen molar-refractivity contribution in [3.8, 4) is 0 Å². The Balaban J connectivity index is 2.50. The first-order valence-electron chi connectivity index (χ1n) is 3.97. The Bertz CT molecular complexity index is 317. The Morgan fingerprint density at radius 1 is 1.85 bits per heavy atom. The first-order chi connectivity index (χ1) is 6.24. The molecule has 1 aromatic heterocycles. The molecular formula is C8H11N3O2. The van der Waals surface area contributed by atoms with Gasteiger partial charge in [0, 0.05) is 6.42 Å². The molecule has 1 rings (SSSR count). The molecule has 70 valence electrons. The van der Waals surface area contributed by atoms with Crippen LogP contribution in [0.1, 0.15) is 24.6 Å². The van der Waals surface area contributed by atoms with Crippen LogP contribution in [0.5, 0.6) is 0 Å². The molecular weight excluding hydrogens is 170 g/mol. The topological polar surface area (TPSA) is 67.5 Å². The van der Waals surface area contributed by atoms with Crippen LogP contribution in [0.4, 0.5) is 0 Å². The molecule has 0 saturated carbocycles. The van der Waals surface area contributed by atoms with Crippen LogP contribution in [0.3, 0.4) is 0 Å². The van der Waals surface area contributed by atoms with Gasteiger partial charge in [-0.05, 0) is 6.92 Å². The fourth-order valence-electron chi connectivity index (χ4n) is 0.677. The molecule has 1 N–H and O–H groups in total. The monoisotopic (exact) mass is 181 g/mol. The second-order valence-electron chi connectivity index (χ2n) is 2.50.